The first-order valence-corrected chi connectivity index (χ1v) is 4.34. The zero-order valence-electron chi connectivity index (χ0n) is 6.88. The molecule has 1 N–H and O–H groups in total. The molecule has 2 rings (SSSR count). The highest BCUT2D eigenvalue weighted by Crippen LogP contribution is 2.18. The van der Waals surface area contributed by atoms with E-state index in [1.165, 1.54) is 4.90 Å². The van der Waals surface area contributed by atoms with Gasteiger partial charge in [0.25, 0.3) is 0 Å². The van der Waals surface area contributed by atoms with Gasteiger partial charge >= 0.3 is 0 Å². The van der Waals surface area contributed by atoms with E-state index in [0.717, 1.165) is 19.5 Å². The first-order valence-electron chi connectivity index (χ1n) is 4.34. The van der Waals surface area contributed by atoms with Gasteiger partial charge in [-0.3, -0.25) is 14.5 Å². The van der Waals surface area contributed by atoms with Crippen LogP contribution in [-0.2, 0) is 9.59 Å². The lowest BCUT2D eigenvalue weighted by molar-refractivity contribution is -0.140. The zero-order chi connectivity index (χ0) is 8.55. The molecular weight excluding hydrogens is 156 g/mol. The molecular formula is C8H12N2O2. The first kappa shape index (κ1) is 7.73. The Morgan fingerprint density at radius 2 is 1.92 bits per heavy atom. The lowest BCUT2D eigenvalue weighted by atomic mass is 10.2. The van der Waals surface area contributed by atoms with Gasteiger partial charge in [-0.1, -0.05) is 0 Å². The van der Waals surface area contributed by atoms with Gasteiger partial charge in [0.1, 0.15) is 0 Å². The molecule has 0 aliphatic carbocycles. The number of carbonyl (C=O) groups excluding carboxylic acids is 2. The van der Waals surface area contributed by atoms with Crippen molar-refractivity contribution in [1.82, 2.24) is 10.2 Å². The first-order chi connectivity index (χ1) is 5.79. The molecule has 12 heavy (non-hydrogen) atoms. The second-order valence-electron chi connectivity index (χ2n) is 3.30. The van der Waals surface area contributed by atoms with Crippen LogP contribution in [0.2, 0.25) is 0 Å². The van der Waals surface area contributed by atoms with Crippen LogP contribution in [0.1, 0.15) is 19.3 Å². The van der Waals surface area contributed by atoms with Gasteiger partial charge in [0, 0.05) is 19.4 Å². The van der Waals surface area contributed by atoms with Crippen molar-refractivity contribution in [2.24, 2.45) is 0 Å². The standard InChI is InChI=1S/C8H12N2O2/c11-7-1-2-8(12)10(7)6-3-4-9-5-6/h6,9H,1-5H2. The summed E-state index contributed by atoms with van der Waals surface area (Å²) >= 11 is 0. The van der Waals surface area contributed by atoms with Crippen molar-refractivity contribution in [2.45, 2.75) is 25.3 Å². The van der Waals surface area contributed by atoms with Crippen molar-refractivity contribution < 1.29 is 9.59 Å². The number of carbonyl (C=O) groups is 2. The molecule has 0 aromatic heterocycles. The number of nitrogens with zero attached hydrogens (tertiary/aromatic N) is 1. The fourth-order valence-corrected chi connectivity index (χ4v) is 1.86. The fraction of sp³-hybridized carbons (Fsp3) is 0.750. The summed E-state index contributed by atoms with van der Waals surface area (Å²) < 4.78 is 0. The normalized spacial score (nSPS) is 30.3. The minimum Gasteiger partial charge on any atom is -0.315 e. The lowest BCUT2D eigenvalue weighted by Gasteiger charge is -2.20. The van der Waals surface area contributed by atoms with E-state index in [-0.39, 0.29) is 17.9 Å². The highest BCUT2D eigenvalue weighted by Gasteiger charge is 2.35. The summed E-state index contributed by atoms with van der Waals surface area (Å²) in [5.74, 6) is 0.0161. The second kappa shape index (κ2) is 2.86. The van der Waals surface area contributed by atoms with Crippen LogP contribution in [0.3, 0.4) is 0 Å². The molecule has 4 heteroatoms. The van der Waals surface area contributed by atoms with Gasteiger partial charge in [-0.15, -0.1) is 0 Å². The average molecular weight is 168 g/mol. The number of nitrogens with one attached hydrogen (secondary N) is 1. The van der Waals surface area contributed by atoms with Gasteiger partial charge in [-0.05, 0) is 13.0 Å². The molecule has 0 spiro atoms. The molecule has 0 radical (unpaired) electrons. The summed E-state index contributed by atoms with van der Waals surface area (Å²) in [7, 11) is 0. The molecule has 66 valence electrons. The summed E-state index contributed by atoms with van der Waals surface area (Å²) in [5, 5.41) is 3.14. The molecule has 2 fully saturated rings. The average Bonchev–Trinajstić information content (AvgIpc) is 2.61. The van der Waals surface area contributed by atoms with Crippen molar-refractivity contribution in [3.8, 4) is 0 Å². The molecule has 1 atom stereocenters. The third-order valence-corrected chi connectivity index (χ3v) is 2.49. The number of rotatable bonds is 1. The molecule has 0 aromatic rings. The van der Waals surface area contributed by atoms with E-state index < -0.39 is 0 Å². The van der Waals surface area contributed by atoms with Crippen LogP contribution in [0.5, 0.6) is 0 Å². The fourth-order valence-electron chi connectivity index (χ4n) is 1.86. The molecule has 1 unspecified atom stereocenters. The third kappa shape index (κ3) is 1.12. The topological polar surface area (TPSA) is 49.4 Å². The summed E-state index contributed by atoms with van der Waals surface area (Å²) in [6, 6.07) is 0.132. The van der Waals surface area contributed by atoms with Crippen LogP contribution in [0.25, 0.3) is 0 Å². The van der Waals surface area contributed by atoms with Gasteiger partial charge in [-0.25, -0.2) is 0 Å². The Kier molecular flexibility index (Phi) is 1.84. The van der Waals surface area contributed by atoms with E-state index in [1.807, 2.05) is 0 Å². The Bertz CT molecular complexity index is 205. The van der Waals surface area contributed by atoms with Gasteiger partial charge < -0.3 is 5.32 Å². The Morgan fingerprint density at radius 3 is 2.42 bits per heavy atom. The maximum Gasteiger partial charge on any atom is 0.229 e. The van der Waals surface area contributed by atoms with Gasteiger partial charge in [0.05, 0.1) is 6.04 Å². The van der Waals surface area contributed by atoms with Crippen molar-refractivity contribution in [3.05, 3.63) is 0 Å². The molecule has 0 aromatic carbocycles. The van der Waals surface area contributed by atoms with E-state index in [2.05, 4.69) is 5.32 Å². The minimum atomic E-state index is 0.00806. The second-order valence-corrected chi connectivity index (χ2v) is 3.30. The highest BCUT2D eigenvalue weighted by molar-refractivity contribution is 6.02. The molecule has 2 heterocycles. The van der Waals surface area contributed by atoms with Crippen LogP contribution in [0, 0.1) is 0 Å². The summed E-state index contributed by atoms with van der Waals surface area (Å²) in [6.07, 6.45) is 1.74. The molecule has 2 aliphatic rings. The Hall–Kier alpha value is -0.900. The van der Waals surface area contributed by atoms with E-state index in [1.54, 1.807) is 0 Å². The number of imide groups is 1. The van der Waals surface area contributed by atoms with E-state index >= 15 is 0 Å². The van der Waals surface area contributed by atoms with E-state index in [9.17, 15) is 9.59 Å². The number of hydrogen-bond acceptors (Lipinski definition) is 3. The molecule has 0 bridgehead atoms. The summed E-state index contributed by atoms with van der Waals surface area (Å²) in [6.45, 7) is 1.69. The molecule has 4 nitrogen and oxygen atoms in total. The van der Waals surface area contributed by atoms with Crippen molar-refractivity contribution in [1.29, 1.82) is 0 Å². The quantitative estimate of drug-likeness (QED) is 0.537. The summed E-state index contributed by atoms with van der Waals surface area (Å²) in [4.78, 5) is 23.9. The minimum absolute atomic E-state index is 0.00806. The van der Waals surface area contributed by atoms with Crippen molar-refractivity contribution in [2.75, 3.05) is 13.1 Å². The van der Waals surface area contributed by atoms with Crippen molar-refractivity contribution in [3.63, 3.8) is 0 Å². The largest absolute Gasteiger partial charge is 0.315 e. The van der Waals surface area contributed by atoms with Gasteiger partial charge in [0.15, 0.2) is 0 Å². The predicted octanol–water partition coefficient (Wildman–Crippen LogP) is -0.503. The number of amides is 2. The van der Waals surface area contributed by atoms with E-state index in [4.69, 9.17) is 0 Å². The van der Waals surface area contributed by atoms with Crippen LogP contribution >= 0.6 is 0 Å². The molecule has 2 aliphatic heterocycles. The maximum absolute atomic E-state index is 11.2. The van der Waals surface area contributed by atoms with E-state index in [0.29, 0.717) is 12.8 Å². The number of likely N-dealkylation sites (tertiary alicyclic amines) is 1. The molecule has 0 saturated carbocycles. The Labute approximate surface area is 70.9 Å². The van der Waals surface area contributed by atoms with Crippen LogP contribution in [-0.4, -0.2) is 35.8 Å². The summed E-state index contributed by atoms with van der Waals surface area (Å²) in [5.41, 5.74) is 0. The molecule has 2 saturated heterocycles. The Morgan fingerprint density at radius 1 is 1.25 bits per heavy atom. The maximum atomic E-state index is 11.2. The SMILES string of the molecule is O=C1CCC(=O)N1C1CCNC1. The molecule has 2 amide bonds. The van der Waals surface area contributed by atoms with Crippen LogP contribution in [0.15, 0.2) is 0 Å². The smallest absolute Gasteiger partial charge is 0.229 e. The zero-order valence-corrected chi connectivity index (χ0v) is 6.88. The van der Waals surface area contributed by atoms with Crippen LogP contribution < -0.4 is 5.32 Å². The number of hydrogen-bond donors (Lipinski definition) is 1. The highest BCUT2D eigenvalue weighted by atomic mass is 16.2. The lowest BCUT2D eigenvalue weighted by Crippen LogP contribution is -2.40. The van der Waals surface area contributed by atoms with Gasteiger partial charge in [0.2, 0.25) is 11.8 Å². The van der Waals surface area contributed by atoms with Crippen molar-refractivity contribution >= 4 is 11.8 Å². The third-order valence-electron chi connectivity index (χ3n) is 2.49. The Balaban J connectivity index is 2.09. The monoisotopic (exact) mass is 168 g/mol. The predicted molar refractivity (Wildman–Crippen MR) is 42.4 cm³/mol. The van der Waals surface area contributed by atoms with Crippen LogP contribution in [0.4, 0.5) is 0 Å². The van der Waals surface area contributed by atoms with Gasteiger partial charge in [-0.2, -0.15) is 0 Å².